The van der Waals surface area contributed by atoms with Crippen molar-refractivity contribution in [3.63, 3.8) is 0 Å². The average molecular weight is 477 g/mol. The van der Waals surface area contributed by atoms with Crippen molar-refractivity contribution in [2.24, 2.45) is 0 Å². The lowest BCUT2D eigenvalue weighted by molar-refractivity contribution is -0.0792. The molecule has 1 N–H and O–H groups in total. The monoisotopic (exact) mass is 476 g/mol. The minimum absolute atomic E-state index is 0. The minimum Gasteiger partial charge on any atom is -0.370 e. The van der Waals surface area contributed by atoms with Crippen molar-refractivity contribution in [1.29, 1.82) is 0 Å². The number of rotatable bonds is 2. The minimum atomic E-state index is -0.169. The number of hydrogen-bond acceptors (Lipinski definition) is 7. The first-order valence-electron chi connectivity index (χ1n) is 9.67. The molecule has 0 unspecified atom stereocenters. The molecule has 0 aliphatic carbocycles. The third-order valence-electron chi connectivity index (χ3n) is 5.89. The van der Waals surface area contributed by atoms with Crippen LogP contribution in [0, 0.1) is 0 Å². The Balaban J connectivity index is 0.00000120. The van der Waals surface area contributed by atoms with Crippen LogP contribution >= 0.6 is 47.5 Å². The van der Waals surface area contributed by atoms with Gasteiger partial charge >= 0.3 is 0 Å². The normalized spacial score (nSPS) is 20.6. The van der Waals surface area contributed by atoms with Crippen molar-refractivity contribution in [3.05, 3.63) is 33.0 Å². The summed E-state index contributed by atoms with van der Waals surface area (Å²) in [5.74, 6) is 0.178. The molecule has 2 aromatic rings. The third kappa shape index (κ3) is 4.29. The smallest absolute Gasteiger partial charge is 0.264 e. The molecule has 29 heavy (non-hydrogen) atoms. The maximum Gasteiger partial charge on any atom is 0.264 e. The van der Waals surface area contributed by atoms with Gasteiger partial charge in [0.05, 0.1) is 17.1 Å². The summed E-state index contributed by atoms with van der Waals surface area (Å²) < 4.78 is 6.26. The van der Waals surface area contributed by atoms with Gasteiger partial charge in [-0.2, -0.15) is 0 Å². The quantitative estimate of drug-likeness (QED) is 0.720. The molecule has 1 spiro atoms. The SMILES string of the molecule is Cl.Cl.O=C(c1cc2c(s1)CCOC21CCNCC1)N1CCN(c2nccs2)CC1. The summed E-state index contributed by atoms with van der Waals surface area (Å²) in [7, 11) is 0. The summed E-state index contributed by atoms with van der Waals surface area (Å²) in [6, 6.07) is 2.14. The number of carbonyl (C=O) groups is 1. The van der Waals surface area contributed by atoms with Gasteiger partial charge in [0, 0.05) is 49.1 Å². The number of thiazole rings is 1. The number of nitrogens with zero attached hydrogens (tertiary/aromatic N) is 3. The lowest BCUT2D eigenvalue weighted by Crippen LogP contribution is -2.48. The molecule has 3 aliphatic heterocycles. The van der Waals surface area contributed by atoms with Crippen LogP contribution < -0.4 is 10.2 Å². The summed E-state index contributed by atoms with van der Waals surface area (Å²) >= 11 is 3.35. The van der Waals surface area contributed by atoms with Crippen molar-refractivity contribution >= 4 is 58.5 Å². The van der Waals surface area contributed by atoms with E-state index in [1.165, 1.54) is 10.4 Å². The first kappa shape index (κ1) is 22.8. The molecule has 10 heteroatoms. The van der Waals surface area contributed by atoms with Gasteiger partial charge in [-0.25, -0.2) is 4.98 Å². The molecule has 5 rings (SSSR count). The standard InChI is InChI=1S/C19H24N4O2S2.2ClH/c24-17(22-7-9-23(10-8-22)18-21-6-12-26-18)16-13-14-15(27-16)1-11-25-19(14)2-4-20-5-3-19;;/h6,12-13,20H,1-5,7-11H2;2*1H. The van der Waals surface area contributed by atoms with Crippen LogP contribution in [0.4, 0.5) is 5.13 Å². The van der Waals surface area contributed by atoms with Gasteiger partial charge in [-0.3, -0.25) is 4.79 Å². The maximum absolute atomic E-state index is 13.1. The molecular weight excluding hydrogens is 451 g/mol. The number of nitrogens with one attached hydrogen (secondary N) is 1. The zero-order valence-electron chi connectivity index (χ0n) is 16.1. The Morgan fingerprint density at radius 1 is 1.17 bits per heavy atom. The zero-order chi connectivity index (χ0) is 18.3. The second-order valence-corrected chi connectivity index (χ2v) is 9.39. The molecule has 0 atom stereocenters. The molecule has 2 aromatic heterocycles. The molecule has 0 bridgehead atoms. The Bertz CT molecular complexity index is 816. The van der Waals surface area contributed by atoms with Gasteiger partial charge in [-0.15, -0.1) is 47.5 Å². The molecule has 5 heterocycles. The molecule has 2 fully saturated rings. The summed E-state index contributed by atoms with van der Waals surface area (Å²) in [5, 5.41) is 6.48. The van der Waals surface area contributed by atoms with Gasteiger partial charge in [0.15, 0.2) is 5.13 Å². The number of ether oxygens (including phenoxy) is 1. The molecule has 160 valence electrons. The Hall–Kier alpha value is -0.900. The van der Waals surface area contributed by atoms with Gasteiger partial charge in [-0.05, 0) is 37.6 Å². The van der Waals surface area contributed by atoms with E-state index in [0.29, 0.717) is 0 Å². The van der Waals surface area contributed by atoms with E-state index in [-0.39, 0.29) is 36.3 Å². The second-order valence-electron chi connectivity index (χ2n) is 7.38. The van der Waals surface area contributed by atoms with E-state index >= 15 is 0 Å². The second kappa shape index (κ2) is 9.49. The van der Waals surface area contributed by atoms with Crippen LogP contribution in [0.15, 0.2) is 17.6 Å². The number of anilines is 1. The molecule has 0 saturated carbocycles. The highest BCUT2D eigenvalue weighted by Crippen LogP contribution is 2.43. The van der Waals surface area contributed by atoms with Crippen molar-refractivity contribution in [3.8, 4) is 0 Å². The molecular formula is C19H26Cl2N4O2S2. The highest BCUT2D eigenvalue weighted by Gasteiger charge is 2.41. The number of halogens is 2. The van der Waals surface area contributed by atoms with Crippen LogP contribution in [0.1, 0.15) is 33.0 Å². The van der Waals surface area contributed by atoms with E-state index in [1.54, 1.807) is 22.7 Å². The first-order chi connectivity index (χ1) is 13.3. The van der Waals surface area contributed by atoms with Crippen LogP contribution in [-0.2, 0) is 16.8 Å². The number of carbonyl (C=O) groups excluding carboxylic acids is 1. The van der Waals surface area contributed by atoms with Crippen molar-refractivity contribution in [2.45, 2.75) is 24.9 Å². The van der Waals surface area contributed by atoms with Crippen LogP contribution in [0.2, 0.25) is 0 Å². The van der Waals surface area contributed by atoms with Crippen LogP contribution in [-0.4, -0.2) is 61.7 Å². The van der Waals surface area contributed by atoms with E-state index in [9.17, 15) is 4.79 Å². The molecule has 1 amide bonds. The lowest BCUT2D eigenvalue weighted by atomic mass is 9.83. The van der Waals surface area contributed by atoms with Crippen molar-refractivity contribution in [1.82, 2.24) is 15.2 Å². The van der Waals surface area contributed by atoms with Gasteiger partial charge in [0.1, 0.15) is 0 Å². The number of aromatic nitrogens is 1. The Morgan fingerprint density at radius 3 is 2.62 bits per heavy atom. The molecule has 6 nitrogen and oxygen atoms in total. The average Bonchev–Trinajstić information content (AvgIpc) is 3.39. The van der Waals surface area contributed by atoms with Crippen molar-refractivity contribution in [2.75, 3.05) is 50.8 Å². The fourth-order valence-corrected chi connectivity index (χ4v) is 6.29. The number of fused-ring (bicyclic) bond motifs is 2. The van der Waals surface area contributed by atoms with Gasteiger partial charge < -0.3 is 19.9 Å². The molecule has 3 aliphatic rings. The Morgan fingerprint density at radius 2 is 1.93 bits per heavy atom. The topological polar surface area (TPSA) is 57.7 Å². The van der Waals surface area contributed by atoms with E-state index in [4.69, 9.17) is 4.74 Å². The van der Waals surface area contributed by atoms with Gasteiger partial charge in [0.25, 0.3) is 5.91 Å². The largest absolute Gasteiger partial charge is 0.370 e. The van der Waals surface area contributed by atoms with Crippen LogP contribution in [0.3, 0.4) is 0 Å². The first-order valence-corrected chi connectivity index (χ1v) is 11.4. The zero-order valence-corrected chi connectivity index (χ0v) is 19.4. The molecule has 0 aromatic carbocycles. The van der Waals surface area contributed by atoms with Crippen molar-refractivity contribution < 1.29 is 9.53 Å². The summed E-state index contributed by atoms with van der Waals surface area (Å²) in [6.45, 7) is 5.95. The van der Waals surface area contributed by atoms with Crippen LogP contribution in [0.25, 0.3) is 0 Å². The summed E-state index contributed by atoms with van der Waals surface area (Å²) in [6.07, 6.45) is 4.76. The summed E-state index contributed by atoms with van der Waals surface area (Å²) in [5.41, 5.74) is 1.11. The number of piperidine rings is 1. The van der Waals surface area contributed by atoms with E-state index in [2.05, 4.69) is 21.3 Å². The highest BCUT2D eigenvalue weighted by molar-refractivity contribution is 7.14. The van der Waals surface area contributed by atoms with Crippen LogP contribution in [0.5, 0.6) is 0 Å². The fraction of sp³-hybridized carbons (Fsp3) is 0.579. The lowest BCUT2D eigenvalue weighted by Gasteiger charge is -2.40. The predicted molar refractivity (Wildman–Crippen MR) is 122 cm³/mol. The molecule has 0 radical (unpaired) electrons. The van der Waals surface area contributed by atoms with Gasteiger partial charge in [0.2, 0.25) is 0 Å². The summed E-state index contributed by atoms with van der Waals surface area (Å²) in [4.78, 5) is 24.0. The molecule has 2 saturated heterocycles. The maximum atomic E-state index is 13.1. The van der Waals surface area contributed by atoms with Gasteiger partial charge in [-0.1, -0.05) is 0 Å². The Kier molecular flexibility index (Phi) is 7.46. The van der Waals surface area contributed by atoms with E-state index in [1.807, 2.05) is 16.5 Å². The number of thiophene rings is 1. The Labute approximate surface area is 191 Å². The van der Waals surface area contributed by atoms with E-state index in [0.717, 1.165) is 75.1 Å². The number of hydrogen-bond donors (Lipinski definition) is 1. The third-order valence-corrected chi connectivity index (χ3v) is 7.90. The van der Waals surface area contributed by atoms with E-state index < -0.39 is 0 Å². The number of amides is 1. The predicted octanol–water partition coefficient (Wildman–Crippen LogP) is 3.16. The fourth-order valence-electron chi connectivity index (χ4n) is 4.40. The highest BCUT2D eigenvalue weighted by atomic mass is 35.5. The number of piperazine rings is 1.